The maximum absolute atomic E-state index is 12.6. The molecule has 3 aromatic rings. The van der Waals surface area contributed by atoms with Crippen molar-refractivity contribution in [3.8, 4) is 0 Å². The standard InChI is InChI=1S/C20H20N2O6S/c1-13-19(16-9-4-5-10-17(16)21-13)18(23)12-28-20(24)14-7-6-8-15(11-14)29(25,26)22(2)27-3/h4-11,21H,12H2,1-3H3. The summed E-state index contributed by atoms with van der Waals surface area (Å²) in [6.45, 7) is 1.31. The van der Waals surface area contributed by atoms with Crippen LogP contribution < -0.4 is 0 Å². The Morgan fingerprint density at radius 1 is 1.10 bits per heavy atom. The molecule has 3 rings (SSSR count). The number of para-hydroxylation sites is 1. The summed E-state index contributed by atoms with van der Waals surface area (Å²) in [6, 6.07) is 12.7. The Morgan fingerprint density at radius 3 is 2.55 bits per heavy atom. The van der Waals surface area contributed by atoms with Gasteiger partial charge >= 0.3 is 5.97 Å². The number of rotatable bonds is 7. The van der Waals surface area contributed by atoms with Crippen molar-refractivity contribution in [3.63, 3.8) is 0 Å². The van der Waals surface area contributed by atoms with Crippen LogP contribution in [-0.2, 0) is 19.6 Å². The molecule has 1 aromatic heterocycles. The van der Waals surface area contributed by atoms with E-state index in [4.69, 9.17) is 9.57 Å². The highest BCUT2D eigenvalue weighted by molar-refractivity contribution is 7.89. The molecule has 0 spiro atoms. The van der Waals surface area contributed by atoms with Gasteiger partial charge in [0.25, 0.3) is 10.0 Å². The number of H-pyrrole nitrogens is 1. The second kappa shape index (κ2) is 8.16. The molecule has 29 heavy (non-hydrogen) atoms. The van der Waals surface area contributed by atoms with Crippen molar-refractivity contribution in [2.24, 2.45) is 0 Å². The van der Waals surface area contributed by atoms with Crippen molar-refractivity contribution >= 4 is 32.7 Å². The molecule has 9 heteroatoms. The number of hydrogen-bond acceptors (Lipinski definition) is 6. The second-order valence-corrected chi connectivity index (χ2v) is 8.23. The SMILES string of the molecule is CON(C)S(=O)(=O)c1cccc(C(=O)OCC(=O)c2c(C)[nH]c3ccccc23)c1. The van der Waals surface area contributed by atoms with Crippen LogP contribution in [-0.4, -0.2) is 50.4 Å². The largest absolute Gasteiger partial charge is 0.454 e. The average molecular weight is 416 g/mol. The van der Waals surface area contributed by atoms with Crippen molar-refractivity contribution in [3.05, 3.63) is 65.4 Å². The number of aromatic amines is 1. The fourth-order valence-electron chi connectivity index (χ4n) is 2.95. The van der Waals surface area contributed by atoms with Crippen LogP contribution >= 0.6 is 0 Å². The Hall–Kier alpha value is -3.01. The van der Waals surface area contributed by atoms with Gasteiger partial charge in [-0.2, -0.15) is 0 Å². The topological polar surface area (TPSA) is 106 Å². The molecule has 0 radical (unpaired) electrons. The Morgan fingerprint density at radius 2 is 1.83 bits per heavy atom. The monoisotopic (exact) mass is 416 g/mol. The number of carbonyl (C=O) groups excluding carboxylic acids is 2. The minimum Gasteiger partial charge on any atom is -0.454 e. The molecule has 152 valence electrons. The fourth-order valence-corrected chi connectivity index (χ4v) is 3.97. The summed E-state index contributed by atoms with van der Waals surface area (Å²) in [4.78, 5) is 32.7. The van der Waals surface area contributed by atoms with Crippen molar-refractivity contribution in [2.75, 3.05) is 20.8 Å². The first-order valence-corrected chi connectivity index (χ1v) is 10.1. The summed E-state index contributed by atoms with van der Waals surface area (Å²) in [5.41, 5.74) is 1.98. The lowest BCUT2D eigenvalue weighted by Gasteiger charge is -2.14. The molecule has 0 aliphatic carbocycles. The maximum atomic E-state index is 12.6. The zero-order chi connectivity index (χ0) is 21.2. The molecule has 2 aromatic carbocycles. The molecular weight excluding hydrogens is 396 g/mol. The van der Waals surface area contributed by atoms with Gasteiger partial charge in [-0.3, -0.25) is 9.63 Å². The van der Waals surface area contributed by atoms with Gasteiger partial charge in [-0.15, -0.1) is 0 Å². The number of aryl methyl sites for hydroxylation is 1. The van der Waals surface area contributed by atoms with Gasteiger partial charge < -0.3 is 9.72 Å². The molecule has 0 amide bonds. The first-order valence-electron chi connectivity index (χ1n) is 8.66. The summed E-state index contributed by atoms with van der Waals surface area (Å²) in [7, 11) is -1.45. The Labute approximate surface area is 168 Å². The molecule has 0 saturated heterocycles. The fraction of sp³-hybridized carbons (Fsp3) is 0.200. The van der Waals surface area contributed by atoms with Crippen molar-refractivity contribution in [2.45, 2.75) is 11.8 Å². The second-order valence-electron chi connectivity index (χ2n) is 6.30. The molecule has 0 aliphatic heterocycles. The van der Waals surface area contributed by atoms with Crippen LogP contribution in [0.25, 0.3) is 10.9 Å². The van der Waals surface area contributed by atoms with Gasteiger partial charge in [-0.1, -0.05) is 28.7 Å². The lowest BCUT2D eigenvalue weighted by molar-refractivity contribution is -0.0258. The summed E-state index contributed by atoms with van der Waals surface area (Å²) in [5, 5.41) is 0.752. The first-order chi connectivity index (χ1) is 13.8. The van der Waals surface area contributed by atoms with E-state index in [0.717, 1.165) is 10.9 Å². The number of sulfonamides is 1. The minimum atomic E-state index is -3.91. The zero-order valence-corrected chi connectivity index (χ0v) is 16.9. The predicted molar refractivity (Wildman–Crippen MR) is 106 cm³/mol. The van der Waals surface area contributed by atoms with E-state index >= 15 is 0 Å². The summed E-state index contributed by atoms with van der Waals surface area (Å²) >= 11 is 0. The number of carbonyl (C=O) groups is 2. The van der Waals surface area contributed by atoms with Crippen molar-refractivity contribution in [1.29, 1.82) is 0 Å². The summed E-state index contributed by atoms with van der Waals surface area (Å²) in [5.74, 6) is -1.15. The van der Waals surface area contributed by atoms with Gasteiger partial charge in [0, 0.05) is 29.2 Å². The molecule has 1 heterocycles. The Bertz CT molecular complexity index is 1180. The molecule has 0 unspecified atom stereocenters. The highest BCUT2D eigenvalue weighted by Crippen LogP contribution is 2.22. The van der Waals surface area contributed by atoms with Crippen LogP contribution in [0.15, 0.2) is 53.4 Å². The number of hydroxylamine groups is 1. The first kappa shape index (κ1) is 20.7. The van der Waals surface area contributed by atoms with Gasteiger partial charge in [-0.05, 0) is 31.2 Å². The smallest absolute Gasteiger partial charge is 0.338 e. The zero-order valence-electron chi connectivity index (χ0n) is 16.1. The van der Waals surface area contributed by atoms with E-state index in [0.29, 0.717) is 15.7 Å². The molecular formula is C20H20N2O6S. The van der Waals surface area contributed by atoms with Gasteiger partial charge in [0.15, 0.2) is 6.61 Å². The molecule has 1 N–H and O–H groups in total. The van der Waals surface area contributed by atoms with Crippen LogP contribution in [0.1, 0.15) is 26.4 Å². The van der Waals surface area contributed by atoms with Crippen LogP contribution in [0.3, 0.4) is 0 Å². The number of nitrogens with one attached hydrogen (secondary N) is 1. The number of esters is 1. The third-order valence-electron chi connectivity index (χ3n) is 4.47. The molecule has 0 fully saturated rings. The van der Waals surface area contributed by atoms with E-state index in [2.05, 4.69) is 4.98 Å². The molecule has 0 bridgehead atoms. The van der Waals surface area contributed by atoms with E-state index in [1.807, 2.05) is 24.3 Å². The van der Waals surface area contributed by atoms with Gasteiger partial charge in [0.05, 0.1) is 17.6 Å². The number of nitrogens with zero attached hydrogens (tertiary/aromatic N) is 1. The molecule has 0 saturated carbocycles. The van der Waals surface area contributed by atoms with Crippen LogP contribution in [0.2, 0.25) is 0 Å². The number of ether oxygens (including phenoxy) is 1. The number of aromatic nitrogens is 1. The lowest BCUT2D eigenvalue weighted by Crippen LogP contribution is -2.26. The number of fused-ring (bicyclic) bond motifs is 1. The van der Waals surface area contributed by atoms with E-state index in [-0.39, 0.29) is 16.2 Å². The van der Waals surface area contributed by atoms with E-state index in [1.165, 1.54) is 38.4 Å². The van der Waals surface area contributed by atoms with Crippen LogP contribution in [0, 0.1) is 6.92 Å². The number of benzene rings is 2. The minimum absolute atomic E-state index is 0.0130. The van der Waals surface area contributed by atoms with Crippen LogP contribution in [0.5, 0.6) is 0 Å². The van der Waals surface area contributed by atoms with E-state index < -0.39 is 22.6 Å². The normalized spacial score (nSPS) is 11.7. The highest BCUT2D eigenvalue weighted by atomic mass is 32.2. The highest BCUT2D eigenvalue weighted by Gasteiger charge is 2.23. The Kier molecular flexibility index (Phi) is 5.83. The van der Waals surface area contributed by atoms with Gasteiger partial charge in [0.2, 0.25) is 5.78 Å². The summed E-state index contributed by atoms with van der Waals surface area (Å²) < 4.78 is 30.4. The number of Topliss-reactive ketones (excluding diaryl/α,β-unsaturated/α-hetero) is 1. The van der Waals surface area contributed by atoms with Crippen LogP contribution in [0.4, 0.5) is 0 Å². The quantitative estimate of drug-likeness (QED) is 0.361. The average Bonchev–Trinajstić information content (AvgIpc) is 3.06. The van der Waals surface area contributed by atoms with E-state index in [1.54, 1.807) is 6.92 Å². The molecule has 8 nitrogen and oxygen atoms in total. The predicted octanol–water partition coefficient (Wildman–Crippen LogP) is 2.70. The van der Waals surface area contributed by atoms with Gasteiger partial charge in [0.1, 0.15) is 0 Å². The molecule has 0 aliphatic rings. The van der Waals surface area contributed by atoms with Crippen molar-refractivity contribution < 1.29 is 27.6 Å². The molecule has 0 atom stereocenters. The number of hydrogen-bond donors (Lipinski definition) is 1. The lowest BCUT2D eigenvalue weighted by atomic mass is 10.1. The Balaban J connectivity index is 1.77. The van der Waals surface area contributed by atoms with Gasteiger partial charge in [-0.25, -0.2) is 13.2 Å². The van der Waals surface area contributed by atoms with E-state index in [9.17, 15) is 18.0 Å². The maximum Gasteiger partial charge on any atom is 0.338 e. The van der Waals surface area contributed by atoms with Crippen molar-refractivity contribution in [1.82, 2.24) is 9.45 Å². The third kappa shape index (κ3) is 4.07. The third-order valence-corrected chi connectivity index (χ3v) is 6.15. The number of ketones is 1. The summed E-state index contributed by atoms with van der Waals surface area (Å²) in [6.07, 6.45) is 0.